The summed E-state index contributed by atoms with van der Waals surface area (Å²) in [5, 5.41) is 0. The maximum absolute atomic E-state index is 5.92. The van der Waals surface area contributed by atoms with Crippen LogP contribution in [0.25, 0.3) is 0 Å². The van der Waals surface area contributed by atoms with Crippen LogP contribution >= 0.6 is 0 Å². The van der Waals surface area contributed by atoms with Gasteiger partial charge in [-0.25, -0.2) is 0 Å². The van der Waals surface area contributed by atoms with Gasteiger partial charge in [-0.2, -0.15) is 0 Å². The summed E-state index contributed by atoms with van der Waals surface area (Å²) in [4.78, 5) is 0. The molecule has 0 amide bonds. The summed E-state index contributed by atoms with van der Waals surface area (Å²) >= 11 is 0. The van der Waals surface area contributed by atoms with Crippen molar-refractivity contribution in [1.29, 1.82) is 0 Å². The monoisotopic (exact) mass is 151 g/mol. The molecule has 0 aliphatic heterocycles. The second kappa shape index (κ2) is 2.34. The van der Waals surface area contributed by atoms with Crippen molar-refractivity contribution >= 4 is 0 Å². The lowest BCUT2D eigenvalue weighted by Crippen LogP contribution is -2.03. The van der Waals surface area contributed by atoms with Crippen LogP contribution in [-0.2, 0) is 0 Å². The molecule has 0 saturated heterocycles. The second-order valence-electron chi connectivity index (χ2n) is 4.05. The van der Waals surface area contributed by atoms with Gasteiger partial charge in [-0.3, -0.25) is 0 Å². The fraction of sp³-hybridized carbons (Fsp3) is 0.800. The normalized spacial score (nSPS) is 47.0. The molecule has 62 valence electrons. The zero-order chi connectivity index (χ0) is 8.01. The van der Waals surface area contributed by atoms with E-state index in [1.165, 1.54) is 12.8 Å². The van der Waals surface area contributed by atoms with Crippen LogP contribution in [0, 0.1) is 17.8 Å². The van der Waals surface area contributed by atoms with E-state index in [0.717, 1.165) is 17.8 Å². The van der Waals surface area contributed by atoms with Gasteiger partial charge in [0.1, 0.15) is 0 Å². The van der Waals surface area contributed by atoms with Gasteiger partial charge in [-0.1, -0.05) is 31.9 Å². The first-order chi connectivity index (χ1) is 5.24. The fourth-order valence-electron chi connectivity index (χ4n) is 2.14. The summed E-state index contributed by atoms with van der Waals surface area (Å²) in [6.07, 6.45) is 4.92. The summed E-state index contributed by atoms with van der Waals surface area (Å²) in [5.74, 6) is 2.47. The van der Waals surface area contributed by atoms with E-state index < -0.39 is 0 Å². The molecule has 4 atom stereocenters. The summed E-state index contributed by atoms with van der Waals surface area (Å²) < 4.78 is 0. The van der Waals surface area contributed by atoms with E-state index in [4.69, 9.17) is 5.73 Å². The molecule has 2 aliphatic carbocycles. The molecule has 0 bridgehead atoms. The van der Waals surface area contributed by atoms with E-state index in [1.54, 1.807) is 5.57 Å². The molecule has 0 heterocycles. The third-order valence-corrected chi connectivity index (χ3v) is 3.28. The topological polar surface area (TPSA) is 26.0 Å². The SMILES string of the molecule is CCC1C(N)C1CC1=CC1C. The average Bonchev–Trinajstić information content (AvgIpc) is 2.80. The highest BCUT2D eigenvalue weighted by Gasteiger charge is 2.46. The zero-order valence-electron chi connectivity index (χ0n) is 7.38. The molecule has 0 aromatic heterocycles. The molecule has 1 fully saturated rings. The summed E-state index contributed by atoms with van der Waals surface area (Å²) in [6.45, 7) is 4.51. The highest BCUT2D eigenvalue weighted by atomic mass is 14.8. The molecule has 0 aromatic rings. The molecule has 0 spiro atoms. The highest BCUT2D eigenvalue weighted by Crippen LogP contribution is 2.48. The number of nitrogens with two attached hydrogens (primary N) is 1. The van der Waals surface area contributed by atoms with Gasteiger partial charge in [0.05, 0.1) is 0 Å². The van der Waals surface area contributed by atoms with E-state index >= 15 is 0 Å². The molecule has 1 saturated carbocycles. The van der Waals surface area contributed by atoms with Crippen molar-refractivity contribution in [2.45, 2.75) is 32.7 Å². The van der Waals surface area contributed by atoms with Crippen LogP contribution in [0.4, 0.5) is 0 Å². The predicted octanol–water partition coefficient (Wildman–Crippen LogP) is 1.94. The Hall–Kier alpha value is -0.300. The number of hydrogen-bond donors (Lipinski definition) is 1. The quantitative estimate of drug-likeness (QED) is 0.613. The molecular formula is C10H17N. The molecule has 4 unspecified atom stereocenters. The Morgan fingerprint density at radius 2 is 2.09 bits per heavy atom. The van der Waals surface area contributed by atoms with Gasteiger partial charge in [0.15, 0.2) is 0 Å². The van der Waals surface area contributed by atoms with Gasteiger partial charge < -0.3 is 5.73 Å². The van der Waals surface area contributed by atoms with Crippen molar-refractivity contribution < 1.29 is 0 Å². The van der Waals surface area contributed by atoms with Gasteiger partial charge in [-0.05, 0) is 24.2 Å². The summed E-state index contributed by atoms with van der Waals surface area (Å²) in [5.41, 5.74) is 7.57. The summed E-state index contributed by atoms with van der Waals surface area (Å²) in [7, 11) is 0. The molecule has 0 aromatic carbocycles. The molecule has 1 nitrogen and oxygen atoms in total. The Morgan fingerprint density at radius 1 is 1.45 bits per heavy atom. The first-order valence-electron chi connectivity index (χ1n) is 4.70. The zero-order valence-corrected chi connectivity index (χ0v) is 7.38. The fourth-order valence-corrected chi connectivity index (χ4v) is 2.14. The van der Waals surface area contributed by atoms with Crippen LogP contribution in [0.2, 0.25) is 0 Å². The number of allylic oxidation sites excluding steroid dienone is 2. The van der Waals surface area contributed by atoms with Crippen molar-refractivity contribution in [3.8, 4) is 0 Å². The minimum Gasteiger partial charge on any atom is -0.327 e. The van der Waals surface area contributed by atoms with Crippen molar-refractivity contribution in [3.63, 3.8) is 0 Å². The predicted molar refractivity (Wildman–Crippen MR) is 47.1 cm³/mol. The maximum Gasteiger partial charge on any atom is 0.0105 e. The van der Waals surface area contributed by atoms with Crippen LogP contribution in [0.15, 0.2) is 11.6 Å². The Labute approximate surface area is 68.7 Å². The van der Waals surface area contributed by atoms with Gasteiger partial charge in [0, 0.05) is 6.04 Å². The van der Waals surface area contributed by atoms with Crippen molar-refractivity contribution in [1.82, 2.24) is 0 Å². The van der Waals surface area contributed by atoms with Gasteiger partial charge >= 0.3 is 0 Å². The van der Waals surface area contributed by atoms with Crippen molar-refractivity contribution in [2.75, 3.05) is 0 Å². The second-order valence-corrected chi connectivity index (χ2v) is 4.05. The smallest absolute Gasteiger partial charge is 0.0105 e. The molecular weight excluding hydrogens is 134 g/mol. The standard InChI is InChI=1S/C10H17N/c1-3-8-9(10(8)11)5-7-4-6(7)2/h4,6,8-10H,3,5,11H2,1-2H3. The van der Waals surface area contributed by atoms with Crippen LogP contribution in [0.5, 0.6) is 0 Å². The molecule has 11 heavy (non-hydrogen) atoms. The molecule has 2 aliphatic rings. The van der Waals surface area contributed by atoms with Crippen LogP contribution < -0.4 is 5.73 Å². The van der Waals surface area contributed by atoms with Gasteiger partial charge in [0.25, 0.3) is 0 Å². The first kappa shape index (κ1) is 7.35. The van der Waals surface area contributed by atoms with Crippen LogP contribution in [0.3, 0.4) is 0 Å². The van der Waals surface area contributed by atoms with E-state index in [1.807, 2.05) is 0 Å². The van der Waals surface area contributed by atoms with Gasteiger partial charge in [0.2, 0.25) is 0 Å². The minimum absolute atomic E-state index is 0.522. The van der Waals surface area contributed by atoms with E-state index in [2.05, 4.69) is 19.9 Å². The Morgan fingerprint density at radius 3 is 2.45 bits per heavy atom. The average molecular weight is 151 g/mol. The molecule has 2 N–H and O–H groups in total. The Balaban J connectivity index is 1.77. The Kier molecular flexibility index (Phi) is 1.57. The van der Waals surface area contributed by atoms with Crippen LogP contribution in [-0.4, -0.2) is 6.04 Å². The van der Waals surface area contributed by atoms with E-state index in [-0.39, 0.29) is 0 Å². The van der Waals surface area contributed by atoms with Crippen LogP contribution in [0.1, 0.15) is 26.7 Å². The molecule has 2 rings (SSSR count). The lowest BCUT2D eigenvalue weighted by molar-refractivity contribution is 0.671. The molecule has 1 heteroatoms. The highest BCUT2D eigenvalue weighted by molar-refractivity contribution is 5.29. The third kappa shape index (κ3) is 1.22. The number of rotatable bonds is 3. The number of hydrogen-bond acceptors (Lipinski definition) is 1. The Bertz CT molecular complexity index is 195. The summed E-state index contributed by atoms with van der Waals surface area (Å²) in [6, 6.07) is 0.522. The minimum atomic E-state index is 0.522. The first-order valence-corrected chi connectivity index (χ1v) is 4.70. The van der Waals surface area contributed by atoms with Crippen molar-refractivity contribution in [2.24, 2.45) is 23.5 Å². The lowest BCUT2D eigenvalue weighted by Gasteiger charge is -1.92. The van der Waals surface area contributed by atoms with E-state index in [9.17, 15) is 0 Å². The molecule has 0 radical (unpaired) electrons. The maximum atomic E-state index is 5.92. The van der Waals surface area contributed by atoms with Crippen molar-refractivity contribution in [3.05, 3.63) is 11.6 Å². The largest absolute Gasteiger partial charge is 0.327 e. The lowest BCUT2D eigenvalue weighted by atomic mass is 10.1. The van der Waals surface area contributed by atoms with E-state index in [0.29, 0.717) is 6.04 Å². The third-order valence-electron chi connectivity index (χ3n) is 3.28. The van der Waals surface area contributed by atoms with Gasteiger partial charge in [-0.15, -0.1) is 0 Å².